The summed E-state index contributed by atoms with van der Waals surface area (Å²) in [6.07, 6.45) is -4.48. The third kappa shape index (κ3) is 3.91. The summed E-state index contributed by atoms with van der Waals surface area (Å²) < 4.78 is 37.0. The molecule has 0 radical (unpaired) electrons. The highest BCUT2D eigenvalue weighted by Crippen LogP contribution is 2.26. The van der Waals surface area contributed by atoms with Gasteiger partial charge in [-0.25, -0.2) is 0 Å². The van der Waals surface area contributed by atoms with Crippen molar-refractivity contribution in [2.45, 2.75) is 19.0 Å². The van der Waals surface area contributed by atoms with Crippen LogP contribution in [0.4, 0.5) is 18.9 Å². The zero-order valence-electron chi connectivity index (χ0n) is 11.5. The fraction of sp³-hybridized carbons (Fsp3) is 0.429. The first-order chi connectivity index (χ1) is 10.3. The van der Waals surface area contributed by atoms with Crippen molar-refractivity contribution in [1.82, 2.24) is 4.90 Å². The van der Waals surface area contributed by atoms with Gasteiger partial charge in [-0.1, -0.05) is 23.7 Å². The predicted molar refractivity (Wildman–Crippen MR) is 75.4 cm³/mol. The topological polar surface area (TPSA) is 49.4 Å². The van der Waals surface area contributed by atoms with Crippen LogP contribution < -0.4 is 5.32 Å². The zero-order valence-corrected chi connectivity index (χ0v) is 12.2. The minimum absolute atomic E-state index is 0.0844. The molecule has 0 aromatic heterocycles. The quantitative estimate of drug-likeness (QED) is 0.903. The normalized spacial score (nSPS) is 16.5. The molecule has 1 aliphatic heterocycles. The molecule has 0 spiro atoms. The van der Waals surface area contributed by atoms with E-state index in [-0.39, 0.29) is 31.8 Å². The number of hydrogen-bond acceptors (Lipinski definition) is 2. The lowest BCUT2D eigenvalue weighted by atomic mass is 9.95. The molecule has 1 fully saturated rings. The van der Waals surface area contributed by atoms with Gasteiger partial charge in [0.25, 0.3) is 0 Å². The van der Waals surface area contributed by atoms with E-state index >= 15 is 0 Å². The number of para-hydroxylation sites is 1. The third-order valence-corrected chi connectivity index (χ3v) is 3.86. The van der Waals surface area contributed by atoms with Gasteiger partial charge in [0.05, 0.1) is 10.7 Å². The van der Waals surface area contributed by atoms with Crippen LogP contribution in [-0.4, -0.2) is 36.0 Å². The molecule has 1 saturated heterocycles. The number of halogens is 4. The lowest BCUT2D eigenvalue weighted by Gasteiger charge is -2.31. The van der Waals surface area contributed by atoms with Gasteiger partial charge in [-0.3, -0.25) is 9.59 Å². The van der Waals surface area contributed by atoms with Crippen molar-refractivity contribution < 1.29 is 22.8 Å². The smallest absolute Gasteiger partial charge is 0.335 e. The van der Waals surface area contributed by atoms with E-state index in [9.17, 15) is 22.8 Å². The maximum atomic E-state index is 12.3. The van der Waals surface area contributed by atoms with Crippen LogP contribution in [0.2, 0.25) is 5.02 Å². The molecule has 4 nitrogen and oxygen atoms in total. The van der Waals surface area contributed by atoms with Crippen molar-refractivity contribution in [1.29, 1.82) is 0 Å². The average molecular weight is 335 g/mol. The van der Waals surface area contributed by atoms with Crippen LogP contribution in [0.1, 0.15) is 12.8 Å². The summed E-state index contributed by atoms with van der Waals surface area (Å²) in [4.78, 5) is 23.9. The number of piperidine rings is 1. The monoisotopic (exact) mass is 334 g/mol. The lowest BCUT2D eigenvalue weighted by molar-refractivity contribution is -0.186. The number of anilines is 1. The van der Waals surface area contributed by atoms with Gasteiger partial charge in [-0.05, 0) is 25.0 Å². The molecule has 22 heavy (non-hydrogen) atoms. The average Bonchev–Trinajstić information content (AvgIpc) is 2.48. The molecular formula is C14H14ClF3N2O2. The van der Waals surface area contributed by atoms with E-state index in [0.29, 0.717) is 10.7 Å². The maximum Gasteiger partial charge on any atom is 0.471 e. The molecule has 1 N–H and O–H groups in total. The van der Waals surface area contributed by atoms with Gasteiger partial charge in [-0.15, -0.1) is 0 Å². The highest BCUT2D eigenvalue weighted by Gasteiger charge is 2.43. The van der Waals surface area contributed by atoms with Crippen molar-refractivity contribution in [2.75, 3.05) is 18.4 Å². The van der Waals surface area contributed by atoms with Gasteiger partial charge < -0.3 is 10.2 Å². The molecule has 0 unspecified atom stereocenters. The molecule has 1 aromatic carbocycles. The second-order valence-corrected chi connectivity index (χ2v) is 5.44. The van der Waals surface area contributed by atoms with Gasteiger partial charge in [0, 0.05) is 19.0 Å². The van der Waals surface area contributed by atoms with E-state index < -0.39 is 18.0 Å². The largest absolute Gasteiger partial charge is 0.471 e. The molecule has 0 saturated carbocycles. The highest BCUT2D eigenvalue weighted by atomic mass is 35.5. The minimum atomic E-state index is -4.87. The first-order valence-electron chi connectivity index (χ1n) is 6.70. The predicted octanol–water partition coefficient (Wildman–Crippen LogP) is 3.08. The lowest BCUT2D eigenvalue weighted by Crippen LogP contribution is -2.46. The van der Waals surface area contributed by atoms with Crippen molar-refractivity contribution in [2.24, 2.45) is 5.92 Å². The molecule has 0 bridgehead atoms. The molecule has 0 atom stereocenters. The van der Waals surface area contributed by atoms with E-state index in [1.807, 2.05) is 0 Å². The van der Waals surface area contributed by atoms with Gasteiger partial charge in [0.15, 0.2) is 0 Å². The van der Waals surface area contributed by atoms with Crippen molar-refractivity contribution >= 4 is 29.1 Å². The van der Waals surface area contributed by atoms with Crippen LogP contribution in [0.5, 0.6) is 0 Å². The Hall–Kier alpha value is -1.76. The van der Waals surface area contributed by atoms with E-state index in [1.54, 1.807) is 24.3 Å². The molecule has 0 aliphatic carbocycles. The Morgan fingerprint density at radius 2 is 1.77 bits per heavy atom. The van der Waals surface area contributed by atoms with E-state index in [0.717, 1.165) is 4.90 Å². The number of amides is 2. The van der Waals surface area contributed by atoms with Gasteiger partial charge in [-0.2, -0.15) is 13.2 Å². The molecule has 2 rings (SSSR count). The molecule has 1 aromatic rings. The van der Waals surface area contributed by atoms with E-state index in [4.69, 9.17) is 11.6 Å². The third-order valence-electron chi connectivity index (χ3n) is 3.53. The number of alkyl halides is 3. The van der Waals surface area contributed by atoms with Crippen LogP contribution in [0.3, 0.4) is 0 Å². The second-order valence-electron chi connectivity index (χ2n) is 5.03. The number of nitrogens with zero attached hydrogens (tertiary/aromatic N) is 1. The summed E-state index contributed by atoms with van der Waals surface area (Å²) in [6.45, 7) is -0.169. The number of hydrogen-bond donors (Lipinski definition) is 1. The van der Waals surface area contributed by atoms with Crippen LogP contribution in [0, 0.1) is 5.92 Å². The molecule has 2 amide bonds. The second kappa shape index (κ2) is 6.56. The van der Waals surface area contributed by atoms with Crippen LogP contribution in [0.15, 0.2) is 24.3 Å². The fourth-order valence-corrected chi connectivity index (χ4v) is 2.50. The van der Waals surface area contributed by atoms with Crippen LogP contribution >= 0.6 is 11.6 Å². The number of benzene rings is 1. The zero-order chi connectivity index (χ0) is 16.3. The van der Waals surface area contributed by atoms with Crippen LogP contribution in [-0.2, 0) is 9.59 Å². The summed E-state index contributed by atoms with van der Waals surface area (Å²) in [5.41, 5.74) is 0.461. The first kappa shape index (κ1) is 16.6. The summed E-state index contributed by atoms with van der Waals surface area (Å²) in [5.74, 6) is -2.58. The molecular weight excluding hydrogens is 321 g/mol. The summed E-state index contributed by atoms with van der Waals surface area (Å²) in [6, 6.07) is 6.70. The number of carbonyl (C=O) groups excluding carboxylic acids is 2. The van der Waals surface area contributed by atoms with Gasteiger partial charge in [0.1, 0.15) is 0 Å². The Bertz CT molecular complexity index is 569. The Labute approximate surface area is 130 Å². The Balaban J connectivity index is 1.90. The minimum Gasteiger partial charge on any atom is -0.335 e. The van der Waals surface area contributed by atoms with Crippen LogP contribution in [0.25, 0.3) is 0 Å². The molecule has 120 valence electrons. The molecule has 1 aliphatic rings. The van der Waals surface area contributed by atoms with Gasteiger partial charge >= 0.3 is 12.1 Å². The molecule has 1 heterocycles. The number of rotatable bonds is 2. The standard InChI is InChI=1S/C14H14ClF3N2O2/c15-10-3-1-2-4-11(10)19-12(21)9-5-7-20(8-6-9)13(22)14(16,17)18/h1-4,9H,5-8H2,(H,19,21). The number of likely N-dealkylation sites (tertiary alicyclic amines) is 1. The number of carbonyl (C=O) groups is 2. The van der Waals surface area contributed by atoms with Crippen molar-refractivity contribution in [3.8, 4) is 0 Å². The summed E-state index contributed by atoms with van der Waals surface area (Å²) in [7, 11) is 0. The highest BCUT2D eigenvalue weighted by molar-refractivity contribution is 6.33. The van der Waals surface area contributed by atoms with E-state index in [1.165, 1.54) is 0 Å². The maximum absolute atomic E-state index is 12.3. The fourth-order valence-electron chi connectivity index (χ4n) is 2.32. The SMILES string of the molecule is O=C(Nc1ccccc1Cl)C1CCN(C(=O)C(F)(F)F)CC1. The number of nitrogens with one attached hydrogen (secondary N) is 1. The first-order valence-corrected chi connectivity index (χ1v) is 7.08. The Kier molecular flexibility index (Phi) is 4.95. The van der Waals surface area contributed by atoms with Crippen molar-refractivity contribution in [3.05, 3.63) is 29.3 Å². The van der Waals surface area contributed by atoms with Gasteiger partial charge in [0.2, 0.25) is 5.91 Å². The summed E-state index contributed by atoms with van der Waals surface area (Å²) in [5, 5.41) is 3.05. The Morgan fingerprint density at radius 3 is 2.32 bits per heavy atom. The van der Waals surface area contributed by atoms with E-state index in [2.05, 4.69) is 5.32 Å². The Morgan fingerprint density at radius 1 is 1.18 bits per heavy atom. The summed E-state index contributed by atoms with van der Waals surface area (Å²) >= 11 is 5.93. The van der Waals surface area contributed by atoms with Crippen molar-refractivity contribution in [3.63, 3.8) is 0 Å². The molecule has 8 heteroatoms.